The molecule has 0 spiro atoms. The quantitative estimate of drug-likeness (QED) is 0.862. The Morgan fingerprint density at radius 3 is 2.00 bits per heavy atom. The van der Waals surface area contributed by atoms with E-state index < -0.39 is 11.4 Å². The molecule has 0 saturated heterocycles. The van der Waals surface area contributed by atoms with E-state index in [2.05, 4.69) is 5.32 Å². The molecule has 0 aliphatic carbocycles. The van der Waals surface area contributed by atoms with Gasteiger partial charge < -0.3 is 11.1 Å². The fraction of sp³-hybridized carbons (Fsp3) is 0.133. The van der Waals surface area contributed by atoms with Crippen LogP contribution in [-0.2, 0) is 10.3 Å². The Bertz CT molecular complexity index is 525. The summed E-state index contributed by atoms with van der Waals surface area (Å²) in [7, 11) is 0. The Balaban J connectivity index is 2.37. The van der Waals surface area contributed by atoms with Crippen molar-refractivity contribution in [3.05, 3.63) is 66.2 Å². The molecular weight excluding hydrogens is 224 g/mol. The lowest BCUT2D eigenvalue weighted by molar-refractivity contribution is -0.122. The van der Waals surface area contributed by atoms with Crippen LogP contribution in [0.2, 0.25) is 0 Å². The van der Waals surface area contributed by atoms with Gasteiger partial charge in [-0.2, -0.15) is 0 Å². The van der Waals surface area contributed by atoms with Crippen LogP contribution in [0.5, 0.6) is 0 Å². The first-order chi connectivity index (χ1) is 8.63. The number of primary amides is 1. The number of carbonyl (C=O) groups excluding carboxylic acids is 1. The van der Waals surface area contributed by atoms with Gasteiger partial charge in [0.2, 0.25) is 5.91 Å². The molecule has 2 rings (SSSR count). The van der Waals surface area contributed by atoms with Crippen molar-refractivity contribution in [3.8, 4) is 0 Å². The maximum absolute atomic E-state index is 11.8. The maximum Gasteiger partial charge on any atom is 0.247 e. The van der Waals surface area contributed by atoms with Crippen molar-refractivity contribution in [2.45, 2.75) is 12.5 Å². The summed E-state index contributed by atoms with van der Waals surface area (Å²) in [5.74, 6) is -0.405. The Morgan fingerprint density at radius 2 is 1.50 bits per heavy atom. The topological polar surface area (TPSA) is 55.1 Å². The summed E-state index contributed by atoms with van der Waals surface area (Å²) in [5.41, 5.74) is 6.35. The minimum atomic E-state index is -0.914. The third-order valence-corrected chi connectivity index (χ3v) is 3.01. The highest BCUT2D eigenvalue weighted by Crippen LogP contribution is 2.25. The first-order valence-electron chi connectivity index (χ1n) is 5.81. The average molecular weight is 240 g/mol. The van der Waals surface area contributed by atoms with Gasteiger partial charge in [0.15, 0.2) is 0 Å². The van der Waals surface area contributed by atoms with Crippen molar-refractivity contribution in [1.29, 1.82) is 0 Å². The highest BCUT2D eigenvalue weighted by Gasteiger charge is 2.32. The lowest BCUT2D eigenvalue weighted by Crippen LogP contribution is -2.45. The summed E-state index contributed by atoms with van der Waals surface area (Å²) >= 11 is 0. The van der Waals surface area contributed by atoms with E-state index in [0.717, 1.165) is 11.3 Å². The van der Waals surface area contributed by atoms with Gasteiger partial charge in [-0.1, -0.05) is 48.5 Å². The van der Waals surface area contributed by atoms with E-state index in [1.54, 1.807) is 6.92 Å². The molecule has 3 heteroatoms. The van der Waals surface area contributed by atoms with Gasteiger partial charge in [-0.25, -0.2) is 0 Å². The van der Waals surface area contributed by atoms with E-state index in [-0.39, 0.29) is 0 Å². The average Bonchev–Trinajstić information content (AvgIpc) is 2.40. The second kappa shape index (κ2) is 4.92. The second-order valence-corrected chi connectivity index (χ2v) is 4.35. The van der Waals surface area contributed by atoms with Gasteiger partial charge in [-0.05, 0) is 24.6 Å². The van der Waals surface area contributed by atoms with Gasteiger partial charge in [0, 0.05) is 5.69 Å². The molecule has 0 aliphatic heterocycles. The van der Waals surface area contributed by atoms with Gasteiger partial charge in [0.25, 0.3) is 0 Å². The molecule has 1 atom stereocenters. The van der Waals surface area contributed by atoms with Crippen molar-refractivity contribution < 1.29 is 4.79 Å². The lowest BCUT2D eigenvalue weighted by atomic mass is 9.91. The summed E-state index contributed by atoms with van der Waals surface area (Å²) in [4.78, 5) is 11.8. The van der Waals surface area contributed by atoms with E-state index >= 15 is 0 Å². The normalized spacial score (nSPS) is 13.6. The Labute approximate surface area is 107 Å². The number of para-hydroxylation sites is 1. The number of benzene rings is 2. The van der Waals surface area contributed by atoms with E-state index in [1.807, 2.05) is 60.7 Å². The highest BCUT2D eigenvalue weighted by atomic mass is 16.1. The third-order valence-electron chi connectivity index (χ3n) is 3.01. The van der Waals surface area contributed by atoms with E-state index in [9.17, 15) is 4.79 Å². The zero-order valence-electron chi connectivity index (χ0n) is 10.3. The molecule has 0 radical (unpaired) electrons. The minimum Gasteiger partial charge on any atom is -0.368 e. The smallest absolute Gasteiger partial charge is 0.247 e. The van der Waals surface area contributed by atoms with Crippen LogP contribution >= 0.6 is 0 Å². The molecule has 0 fully saturated rings. The van der Waals surface area contributed by atoms with Crippen molar-refractivity contribution in [3.63, 3.8) is 0 Å². The number of nitrogens with one attached hydrogen (secondary N) is 1. The number of hydrogen-bond donors (Lipinski definition) is 2. The van der Waals surface area contributed by atoms with Crippen LogP contribution in [0.3, 0.4) is 0 Å². The van der Waals surface area contributed by atoms with Gasteiger partial charge in [0.05, 0.1) is 0 Å². The molecule has 2 aromatic rings. The second-order valence-electron chi connectivity index (χ2n) is 4.35. The van der Waals surface area contributed by atoms with Crippen LogP contribution in [0, 0.1) is 0 Å². The van der Waals surface area contributed by atoms with Crippen LogP contribution in [-0.4, -0.2) is 5.91 Å². The fourth-order valence-electron chi connectivity index (χ4n) is 1.86. The van der Waals surface area contributed by atoms with E-state index in [1.165, 1.54) is 0 Å². The molecule has 1 unspecified atom stereocenters. The number of anilines is 1. The standard InChI is InChI=1S/C15H16N2O/c1-15(14(16)18,12-8-4-2-5-9-12)17-13-10-6-3-7-11-13/h2-11,17H,1H3,(H2,16,18). The number of rotatable bonds is 4. The minimum absolute atomic E-state index is 0.405. The van der Waals surface area contributed by atoms with E-state index in [0.29, 0.717) is 0 Å². The molecule has 3 nitrogen and oxygen atoms in total. The Morgan fingerprint density at radius 1 is 1.00 bits per heavy atom. The van der Waals surface area contributed by atoms with Crippen molar-refractivity contribution in [2.75, 3.05) is 5.32 Å². The zero-order valence-corrected chi connectivity index (χ0v) is 10.3. The van der Waals surface area contributed by atoms with Crippen LogP contribution in [0.1, 0.15) is 12.5 Å². The largest absolute Gasteiger partial charge is 0.368 e. The highest BCUT2D eigenvalue weighted by molar-refractivity contribution is 5.88. The summed E-state index contributed by atoms with van der Waals surface area (Å²) < 4.78 is 0. The Hall–Kier alpha value is -2.29. The predicted molar refractivity (Wildman–Crippen MR) is 73.1 cm³/mol. The van der Waals surface area contributed by atoms with Gasteiger partial charge in [-0.3, -0.25) is 4.79 Å². The molecule has 0 saturated carbocycles. The van der Waals surface area contributed by atoms with Crippen LogP contribution in [0.15, 0.2) is 60.7 Å². The molecule has 0 aromatic heterocycles. The number of hydrogen-bond acceptors (Lipinski definition) is 2. The first-order valence-corrected chi connectivity index (χ1v) is 5.81. The summed E-state index contributed by atoms with van der Waals surface area (Å²) in [6.07, 6.45) is 0. The number of amides is 1. The van der Waals surface area contributed by atoms with Crippen LogP contribution < -0.4 is 11.1 Å². The predicted octanol–water partition coefficient (Wildman–Crippen LogP) is 2.50. The SMILES string of the molecule is CC(Nc1ccccc1)(C(N)=O)c1ccccc1. The van der Waals surface area contributed by atoms with Gasteiger partial charge in [-0.15, -0.1) is 0 Å². The summed E-state index contributed by atoms with van der Waals surface area (Å²) in [5, 5.41) is 3.20. The summed E-state index contributed by atoms with van der Waals surface area (Å²) in [6, 6.07) is 19.0. The van der Waals surface area contributed by atoms with Crippen LogP contribution in [0.4, 0.5) is 5.69 Å². The molecule has 1 amide bonds. The van der Waals surface area contributed by atoms with Crippen molar-refractivity contribution in [2.24, 2.45) is 5.73 Å². The van der Waals surface area contributed by atoms with Gasteiger partial charge >= 0.3 is 0 Å². The maximum atomic E-state index is 11.8. The molecule has 18 heavy (non-hydrogen) atoms. The fourth-order valence-corrected chi connectivity index (χ4v) is 1.86. The number of nitrogens with two attached hydrogens (primary N) is 1. The van der Waals surface area contributed by atoms with E-state index in [4.69, 9.17) is 5.73 Å². The first kappa shape index (κ1) is 12.2. The van der Waals surface area contributed by atoms with Crippen LogP contribution in [0.25, 0.3) is 0 Å². The molecule has 0 heterocycles. The monoisotopic (exact) mass is 240 g/mol. The van der Waals surface area contributed by atoms with Crippen molar-refractivity contribution >= 4 is 11.6 Å². The van der Waals surface area contributed by atoms with Crippen molar-refractivity contribution in [1.82, 2.24) is 0 Å². The van der Waals surface area contributed by atoms with Gasteiger partial charge in [0.1, 0.15) is 5.54 Å². The molecular formula is C15H16N2O. The zero-order chi connectivity index (χ0) is 13.0. The molecule has 3 N–H and O–H groups in total. The summed E-state index contributed by atoms with van der Waals surface area (Å²) in [6.45, 7) is 1.79. The lowest BCUT2D eigenvalue weighted by Gasteiger charge is -2.29. The molecule has 0 aliphatic rings. The molecule has 92 valence electrons. The number of carbonyl (C=O) groups is 1. The third kappa shape index (κ3) is 2.35. The molecule has 0 bridgehead atoms. The molecule has 2 aromatic carbocycles. The Kier molecular flexibility index (Phi) is 3.33.